The van der Waals surface area contributed by atoms with Crippen molar-refractivity contribution in [3.8, 4) is 17.2 Å². The van der Waals surface area contributed by atoms with Gasteiger partial charge in [-0.05, 0) is 37.1 Å². The van der Waals surface area contributed by atoms with Crippen molar-refractivity contribution in [2.45, 2.75) is 19.0 Å². The van der Waals surface area contributed by atoms with Gasteiger partial charge in [-0.25, -0.2) is 0 Å². The first kappa shape index (κ1) is 24.8. The highest BCUT2D eigenvalue weighted by Gasteiger charge is 2.30. The molecule has 0 aliphatic heterocycles. The molecule has 2 aromatic carbocycles. The average Bonchev–Trinajstić information content (AvgIpc) is 2.65. The molecule has 0 fully saturated rings. The summed E-state index contributed by atoms with van der Waals surface area (Å²) in [5.41, 5.74) is -0.748. The molecule has 0 radical (unpaired) electrons. The molecule has 164 valence electrons. The van der Waals surface area contributed by atoms with Crippen LogP contribution in [0.5, 0.6) is 17.2 Å². The Labute approximate surface area is 192 Å². The monoisotopic (exact) mass is 502 g/mol. The number of alkyl halides is 3. The molecular formula is C20H17Cl4F3O3. The van der Waals surface area contributed by atoms with Gasteiger partial charge in [-0.2, -0.15) is 13.2 Å². The van der Waals surface area contributed by atoms with E-state index in [9.17, 15) is 13.2 Å². The Balaban J connectivity index is 1.76. The number of halogens is 7. The first-order chi connectivity index (χ1) is 14.2. The highest BCUT2D eigenvalue weighted by atomic mass is 35.5. The average molecular weight is 504 g/mol. The lowest BCUT2D eigenvalue weighted by molar-refractivity contribution is -0.137. The fourth-order valence-electron chi connectivity index (χ4n) is 2.29. The number of unbranched alkanes of at least 4 members (excludes halogenated alkanes) is 1. The lowest BCUT2D eigenvalue weighted by Crippen LogP contribution is -2.06. The molecule has 0 unspecified atom stereocenters. The lowest BCUT2D eigenvalue weighted by Gasteiger charge is -2.13. The predicted octanol–water partition coefficient (Wildman–Crippen LogP) is 7.95. The van der Waals surface area contributed by atoms with E-state index in [1.54, 1.807) is 12.1 Å². The van der Waals surface area contributed by atoms with E-state index in [1.165, 1.54) is 18.2 Å². The number of hydrogen-bond donors (Lipinski definition) is 0. The summed E-state index contributed by atoms with van der Waals surface area (Å²) >= 11 is 23.4. The van der Waals surface area contributed by atoms with Crippen LogP contribution in [-0.4, -0.2) is 19.8 Å². The van der Waals surface area contributed by atoms with E-state index in [0.29, 0.717) is 30.9 Å². The van der Waals surface area contributed by atoms with E-state index in [1.807, 2.05) is 0 Å². The molecule has 0 aliphatic carbocycles. The maximum absolute atomic E-state index is 12.7. The molecule has 0 atom stereocenters. The normalized spacial score (nSPS) is 11.2. The molecule has 0 aromatic heterocycles. The van der Waals surface area contributed by atoms with Gasteiger partial charge < -0.3 is 14.2 Å². The predicted molar refractivity (Wildman–Crippen MR) is 113 cm³/mol. The second kappa shape index (κ2) is 11.8. The van der Waals surface area contributed by atoms with Crippen LogP contribution in [0.4, 0.5) is 13.2 Å². The molecule has 0 amide bonds. The van der Waals surface area contributed by atoms with Crippen molar-refractivity contribution in [1.82, 2.24) is 0 Å². The quantitative estimate of drug-likeness (QED) is 0.308. The Morgan fingerprint density at radius 2 is 1.50 bits per heavy atom. The lowest BCUT2D eigenvalue weighted by atomic mass is 10.2. The molecule has 0 N–H and O–H groups in total. The molecule has 30 heavy (non-hydrogen) atoms. The molecule has 3 nitrogen and oxygen atoms in total. The van der Waals surface area contributed by atoms with E-state index in [4.69, 9.17) is 60.6 Å². The Morgan fingerprint density at radius 3 is 2.10 bits per heavy atom. The molecule has 0 aliphatic rings. The van der Waals surface area contributed by atoms with Gasteiger partial charge in [0, 0.05) is 12.1 Å². The van der Waals surface area contributed by atoms with Crippen molar-refractivity contribution in [2.75, 3.05) is 19.8 Å². The van der Waals surface area contributed by atoms with Crippen molar-refractivity contribution in [3.63, 3.8) is 0 Å². The maximum Gasteiger partial charge on any atom is 0.416 e. The van der Waals surface area contributed by atoms with Crippen LogP contribution in [0.3, 0.4) is 0 Å². The highest BCUT2D eigenvalue weighted by molar-refractivity contribution is 6.55. The Hall–Kier alpha value is -1.47. The summed E-state index contributed by atoms with van der Waals surface area (Å²) in [6.45, 7) is 0.701. The zero-order chi connectivity index (χ0) is 22.1. The van der Waals surface area contributed by atoms with Gasteiger partial charge in [0.2, 0.25) is 0 Å². The molecular weight excluding hydrogens is 487 g/mol. The number of benzene rings is 2. The van der Waals surface area contributed by atoms with E-state index >= 15 is 0 Å². The largest absolute Gasteiger partial charge is 0.494 e. The van der Waals surface area contributed by atoms with Gasteiger partial charge in [-0.3, -0.25) is 0 Å². The van der Waals surface area contributed by atoms with Crippen molar-refractivity contribution in [3.05, 3.63) is 62.6 Å². The Bertz CT molecular complexity index is 846. The minimum absolute atomic E-state index is 0.0872. The second-order valence-corrected chi connectivity index (χ2v) is 7.77. The molecule has 0 heterocycles. The van der Waals surface area contributed by atoms with E-state index in [-0.39, 0.29) is 33.5 Å². The number of hydrogen-bond acceptors (Lipinski definition) is 3. The molecule has 10 heteroatoms. The smallest absolute Gasteiger partial charge is 0.416 e. The van der Waals surface area contributed by atoms with Crippen LogP contribution < -0.4 is 14.2 Å². The number of rotatable bonds is 10. The van der Waals surface area contributed by atoms with Crippen molar-refractivity contribution >= 4 is 46.4 Å². The van der Waals surface area contributed by atoms with Gasteiger partial charge in [0.05, 0.1) is 28.8 Å². The van der Waals surface area contributed by atoms with Crippen LogP contribution in [0.1, 0.15) is 18.4 Å². The minimum Gasteiger partial charge on any atom is -0.494 e. The molecule has 2 rings (SSSR count). The van der Waals surface area contributed by atoms with Crippen molar-refractivity contribution < 1.29 is 27.4 Å². The zero-order valence-electron chi connectivity index (χ0n) is 15.4. The highest BCUT2D eigenvalue weighted by Crippen LogP contribution is 2.37. The van der Waals surface area contributed by atoms with Crippen LogP contribution in [0.15, 0.2) is 47.0 Å². The first-order valence-electron chi connectivity index (χ1n) is 8.72. The summed E-state index contributed by atoms with van der Waals surface area (Å²) < 4.78 is 54.5. The summed E-state index contributed by atoms with van der Waals surface area (Å²) in [6.07, 6.45) is -1.78. The van der Waals surface area contributed by atoms with E-state index in [2.05, 4.69) is 0 Å². The maximum atomic E-state index is 12.7. The molecule has 0 spiro atoms. The standard InChI is InChI=1S/C20H17Cl4F3O3/c21-16-11-15(29-9-6-18(23)24)12-17(22)19(16)30-8-2-1-7-28-14-5-3-4-13(10-14)20(25,26)27/h3-6,10-12H,1-2,7-9H2. The Kier molecular flexibility index (Phi) is 9.75. The third-order valence-electron chi connectivity index (χ3n) is 3.67. The minimum atomic E-state index is -4.40. The van der Waals surface area contributed by atoms with Gasteiger partial charge in [0.15, 0.2) is 5.75 Å². The SMILES string of the molecule is FC(F)(F)c1cccc(OCCCCOc2c(Cl)cc(OCC=C(Cl)Cl)cc2Cl)c1. The molecule has 0 saturated carbocycles. The van der Waals surface area contributed by atoms with Crippen LogP contribution in [0.2, 0.25) is 10.0 Å². The number of ether oxygens (including phenoxy) is 3. The molecule has 0 bridgehead atoms. The summed E-state index contributed by atoms with van der Waals surface area (Å²) in [6, 6.07) is 7.85. The van der Waals surface area contributed by atoms with Crippen LogP contribution >= 0.6 is 46.4 Å². The van der Waals surface area contributed by atoms with Gasteiger partial charge in [-0.1, -0.05) is 52.5 Å². The van der Waals surface area contributed by atoms with Crippen LogP contribution in [0.25, 0.3) is 0 Å². The zero-order valence-corrected chi connectivity index (χ0v) is 18.5. The summed E-state index contributed by atoms with van der Waals surface area (Å²) in [5, 5.41) is 0.553. The van der Waals surface area contributed by atoms with Gasteiger partial charge in [0.25, 0.3) is 0 Å². The van der Waals surface area contributed by atoms with Gasteiger partial charge in [0.1, 0.15) is 22.6 Å². The first-order valence-corrected chi connectivity index (χ1v) is 10.2. The van der Waals surface area contributed by atoms with Gasteiger partial charge >= 0.3 is 6.18 Å². The third kappa shape index (κ3) is 8.34. The van der Waals surface area contributed by atoms with Crippen LogP contribution in [-0.2, 0) is 6.18 Å². The van der Waals surface area contributed by atoms with Gasteiger partial charge in [-0.15, -0.1) is 0 Å². The summed E-state index contributed by atoms with van der Waals surface area (Å²) in [4.78, 5) is 0. The van der Waals surface area contributed by atoms with Crippen molar-refractivity contribution in [1.29, 1.82) is 0 Å². The van der Waals surface area contributed by atoms with E-state index in [0.717, 1.165) is 12.1 Å². The third-order valence-corrected chi connectivity index (χ3v) is 4.54. The second-order valence-electron chi connectivity index (χ2n) is 5.95. The summed E-state index contributed by atoms with van der Waals surface area (Å²) in [5.74, 6) is 0.908. The fourth-order valence-corrected chi connectivity index (χ4v) is 2.99. The van der Waals surface area contributed by atoms with Crippen molar-refractivity contribution in [2.24, 2.45) is 0 Å². The topological polar surface area (TPSA) is 27.7 Å². The van der Waals surface area contributed by atoms with Crippen LogP contribution in [0, 0.1) is 0 Å². The summed E-state index contributed by atoms with van der Waals surface area (Å²) in [7, 11) is 0. The fraction of sp³-hybridized carbons (Fsp3) is 0.300. The molecule has 2 aromatic rings. The Morgan fingerprint density at radius 1 is 0.867 bits per heavy atom. The van der Waals surface area contributed by atoms with E-state index < -0.39 is 11.7 Å². The molecule has 0 saturated heterocycles.